The average Bonchev–Trinajstić information content (AvgIpc) is 3.36. The third-order valence-corrected chi connectivity index (χ3v) is 7.80. The van der Waals surface area contributed by atoms with Crippen molar-refractivity contribution in [1.82, 2.24) is 9.88 Å². The summed E-state index contributed by atoms with van der Waals surface area (Å²) in [5.41, 5.74) is 3.95. The molecule has 0 saturated carbocycles. The summed E-state index contributed by atoms with van der Waals surface area (Å²) in [6, 6.07) is 29.9. The first kappa shape index (κ1) is 29.3. The minimum absolute atomic E-state index is 0.111. The summed E-state index contributed by atoms with van der Waals surface area (Å²) in [5.74, 6) is -0.292. The fourth-order valence-electron chi connectivity index (χ4n) is 4.68. The van der Waals surface area contributed by atoms with E-state index in [4.69, 9.17) is 9.47 Å². The number of aromatic nitrogens is 1. The predicted molar refractivity (Wildman–Crippen MR) is 165 cm³/mol. The molecule has 5 aromatic rings. The smallest absolute Gasteiger partial charge is 0.328 e. The Labute approximate surface area is 251 Å². The number of hydrogen-bond donors (Lipinski definition) is 2. The fraction of sp³-hybridized carbons (Fsp3) is 0.152. The number of benzene rings is 4. The molecule has 0 spiro atoms. The molecule has 9 nitrogen and oxygen atoms in total. The summed E-state index contributed by atoms with van der Waals surface area (Å²) in [6.45, 7) is 0.605. The Balaban J connectivity index is 1.21. The summed E-state index contributed by atoms with van der Waals surface area (Å²) >= 11 is 1.12. The average molecular weight is 596 g/mol. The van der Waals surface area contributed by atoms with Crippen molar-refractivity contribution in [1.29, 1.82) is 0 Å². The SMILES string of the molecule is COC(=O)C(Cc1ccc(OCCn2c(=O)sc3cc(/C(=N/O)c4ccccc4)ccc32)cc1)NC(=O)c1ccccc1. The molecule has 4 aromatic carbocycles. The Bertz CT molecular complexity index is 1800. The number of hydrogen-bond acceptors (Lipinski definition) is 8. The number of carbonyl (C=O) groups excluding carboxylic acids is 2. The molecule has 0 aliphatic rings. The van der Waals surface area contributed by atoms with E-state index in [-0.39, 0.29) is 23.8 Å². The van der Waals surface area contributed by atoms with E-state index in [0.29, 0.717) is 29.1 Å². The van der Waals surface area contributed by atoms with E-state index in [9.17, 15) is 19.6 Å². The van der Waals surface area contributed by atoms with Gasteiger partial charge in [0.25, 0.3) is 5.91 Å². The molecule has 1 atom stereocenters. The molecular weight excluding hydrogens is 566 g/mol. The summed E-state index contributed by atoms with van der Waals surface area (Å²) < 4.78 is 13.2. The number of ether oxygens (including phenoxy) is 2. The van der Waals surface area contributed by atoms with E-state index in [0.717, 1.165) is 32.7 Å². The van der Waals surface area contributed by atoms with Crippen molar-refractivity contribution in [3.8, 4) is 5.75 Å². The van der Waals surface area contributed by atoms with Gasteiger partial charge in [-0.05, 0) is 42.0 Å². The number of oxime groups is 1. The van der Waals surface area contributed by atoms with Gasteiger partial charge in [0.05, 0.1) is 23.9 Å². The fourth-order valence-corrected chi connectivity index (χ4v) is 5.64. The molecule has 0 saturated heterocycles. The monoisotopic (exact) mass is 595 g/mol. The van der Waals surface area contributed by atoms with Crippen LogP contribution in [-0.2, 0) is 22.5 Å². The Hall–Kier alpha value is -5.22. The van der Waals surface area contributed by atoms with Gasteiger partial charge in [-0.15, -0.1) is 0 Å². The van der Waals surface area contributed by atoms with Crippen molar-refractivity contribution in [2.75, 3.05) is 13.7 Å². The molecule has 2 N–H and O–H groups in total. The third-order valence-electron chi connectivity index (χ3n) is 6.86. The number of fused-ring (bicyclic) bond motifs is 1. The van der Waals surface area contributed by atoms with Gasteiger partial charge in [0.15, 0.2) is 0 Å². The van der Waals surface area contributed by atoms with Gasteiger partial charge >= 0.3 is 10.8 Å². The van der Waals surface area contributed by atoms with Gasteiger partial charge in [0.2, 0.25) is 0 Å². The topological polar surface area (TPSA) is 119 Å². The largest absolute Gasteiger partial charge is 0.492 e. The van der Waals surface area contributed by atoms with E-state index in [2.05, 4.69) is 10.5 Å². The Morgan fingerprint density at radius 1 is 0.907 bits per heavy atom. The number of carbonyl (C=O) groups is 2. The van der Waals surface area contributed by atoms with E-state index in [1.165, 1.54) is 7.11 Å². The minimum atomic E-state index is -0.851. The van der Waals surface area contributed by atoms with Gasteiger partial charge in [-0.25, -0.2) is 4.79 Å². The van der Waals surface area contributed by atoms with Crippen LogP contribution in [0.2, 0.25) is 0 Å². The molecule has 1 unspecified atom stereocenters. The molecule has 0 fully saturated rings. The first-order valence-electron chi connectivity index (χ1n) is 13.5. The first-order chi connectivity index (χ1) is 21.0. The number of thiazole rings is 1. The van der Waals surface area contributed by atoms with Crippen LogP contribution in [0.3, 0.4) is 0 Å². The molecule has 0 radical (unpaired) electrons. The normalized spacial score (nSPS) is 12.1. The number of methoxy groups -OCH3 is 1. The van der Waals surface area contributed by atoms with Crippen molar-refractivity contribution < 1.29 is 24.3 Å². The molecule has 1 aromatic heterocycles. The van der Waals surface area contributed by atoms with E-state index < -0.39 is 12.0 Å². The van der Waals surface area contributed by atoms with E-state index in [1.807, 2.05) is 66.7 Å². The number of rotatable bonds is 11. The van der Waals surface area contributed by atoms with Gasteiger partial charge in [0, 0.05) is 23.1 Å². The third kappa shape index (κ3) is 6.99. The number of amides is 1. The molecule has 0 bridgehead atoms. The van der Waals surface area contributed by atoms with Crippen LogP contribution in [0, 0.1) is 0 Å². The standard InChI is InChI=1S/C33H29N3O6S/c1-41-32(38)27(34-31(37)24-10-6-3-7-11-24)20-22-12-15-26(16-13-22)42-19-18-36-28-17-14-25(21-29(28)43-33(36)39)30(35-40)23-8-4-2-5-9-23/h2-17,21,27,40H,18-20H2,1H3,(H,34,37)/b35-30+. The van der Waals surface area contributed by atoms with Gasteiger partial charge in [-0.1, -0.05) is 83.2 Å². The summed E-state index contributed by atoms with van der Waals surface area (Å²) in [5, 5.41) is 15.9. The van der Waals surface area contributed by atoms with E-state index >= 15 is 0 Å². The zero-order valence-corrected chi connectivity index (χ0v) is 24.1. The van der Waals surface area contributed by atoms with Crippen molar-refractivity contribution in [3.63, 3.8) is 0 Å². The second-order valence-corrected chi connectivity index (χ2v) is 10.6. The van der Waals surface area contributed by atoms with E-state index in [1.54, 1.807) is 41.0 Å². The quantitative estimate of drug-likeness (QED) is 0.0972. The van der Waals surface area contributed by atoms with Crippen molar-refractivity contribution >= 4 is 39.1 Å². The Kier molecular flexibility index (Phi) is 9.28. The summed E-state index contributed by atoms with van der Waals surface area (Å²) in [6.07, 6.45) is 0.247. The molecule has 5 rings (SSSR count). The number of nitrogens with zero attached hydrogens (tertiary/aromatic N) is 2. The Morgan fingerprint density at radius 2 is 1.58 bits per heavy atom. The highest BCUT2D eigenvalue weighted by Gasteiger charge is 2.22. The Morgan fingerprint density at radius 3 is 2.23 bits per heavy atom. The molecule has 10 heteroatoms. The lowest BCUT2D eigenvalue weighted by Crippen LogP contribution is -2.43. The molecule has 0 aliphatic heterocycles. The number of nitrogens with one attached hydrogen (secondary N) is 1. The van der Waals surface area contributed by atoms with Crippen LogP contribution < -0.4 is 14.9 Å². The second kappa shape index (κ2) is 13.6. The molecule has 43 heavy (non-hydrogen) atoms. The predicted octanol–water partition coefficient (Wildman–Crippen LogP) is 4.88. The minimum Gasteiger partial charge on any atom is -0.492 e. The van der Waals surface area contributed by atoms with Crippen LogP contribution in [0.4, 0.5) is 0 Å². The van der Waals surface area contributed by atoms with Gasteiger partial charge in [-0.2, -0.15) is 0 Å². The lowest BCUT2D eigenvalue weighted by molar-refractivity contribution is -0.142. The highest BCUT2D eigenvalue weighted by molar-refractivity contribution is 7.16. The second-order valence-electron chi connectivity index (χ2n) is 9.63. The van der Waals surface area contributed by atoms with Gasteiger partial charge in [-0.3, -0.25) is 14.2 Å². The molecule has 218 valence electrons. The van der Waals surface area contributed by atoms with Crippen LogP contribution in [0.1, 0.15) is 27.0 Å². The lowest BCUT2D eigenvalue weighted by Gasteiger charge is -2.17. The zero-order chi connectivity index (χ0) is 30.2. The van der Waals surface area contributed by atoms with Crippen LogP contribution >= 0.6 is 11.3 Å². The maximum Gasteiger partial charge on any atom is 0.328 e. The van der Waals surface area contributed by atoms with Gasteiger partial charge in [0.1, 0.15) is 24.1 Å². The maximum absolute atomic E-state index is 12.8. The van der Waals surface area contributed by atoms with Crippen molar-refractivity contribution in [3.05, 3.63) is 135 Å². The van der Waals surface area contributed by atoms with Crippen LogP contribution in [0.5, 0.6) is 5.75 Å². The molecule has 1 amide bonds. The van der Waals surface area contributed by atoms with Crippen LogP contribution in [0.25, 0.3) is 10.2 Å². The highest BCUT2D eigenvalue weighted by atomic mass is 32.1. The first-order valence-corrected chi connectivity index (χ1v) is 14.3. The van der Waals surface area contributed by atoms with Gasteiger partial charge < -0.3 is 20.0 Å². The van der Waals surface area contributed by atoms with Crippen molar-refractivity contribution in [2.45, 2.75) is 19.0 Å². The van der Waals surface area contributed by atoms with Crippen LogP contribution in [-0.4, -0.2) is 47.1 Å². The lowest BCUT2D eigenvalue weighted by atomic mass is 10.0. The summed E-state index contributed by atoms with van der Waals surface area (Å²) in [4.78, 5) is 37.6. The van der Waals surface area contributed by atoms with Crippen LogP contribution in [0.15, 0.2) is 113 Å². The van der Waals surface area contributed by atoms with Crippen molar-refractivity contribution in [2.24, 2.45) is 5.16 Å². The zero-order valence-electron chi connectivity index (χ0n) is 23.3. The molecule has 0 aliphatic carbocycles. The molecular formula is C33H29N3O6S. The molecule has 1 heterocycles. The number of esters is 1. The summed E-state index contributed by atoms with van der Waals surface area (Å²) in [7, 11) is 1.28. The highest BCUT2D eigenvalue weighted by Crippen LogP contribution is 2.22. The maximum atomic E-state index is 12.8.